The molecule has 1 aromatic heterocycles. The zero-order valence-electron chi connectivity index (χ0n) is 10.1. The summed E-state index contributed by atoms with van der Waals surface area (Å²) >= 11 is 1.91. The van der Waals surface area contributed by atoms with Crippen LogP contribution in [-0.4, -0.2) is 6.04 Å². The van der Waals surface area contributed by atoms with E-state index < -0.39 is 0 Å². The van der Waals surface area contributed by atoms with E-state index in [1.807, 2.05) is 11.3 Å². The summed E-state index contributed by atoms with van der Waals surface area (Å²) in [4.78, 5) is 2.82. The summed E-state index contributed by atoms with van der Waals surface area (Å²) in [7, 11) is 0. The molecule has 1 saturated carbocycles. The van der Waals surface area contributed by atoms with Crippen molar-refractivity contribution in [1.29, 1.82) is 0 Å². The molecule has 0 radical (unpaired) electrons. The van der Waals surface area contributed by atoms with Crippen LogP contribution < -0.4 is 5.32 Å². The van der Waals surface area contributed by atoms with Gasteiger partial charge in [-0.3, -0.25) is 0 Å². The van der Waals surface area contributed by atoms with Gasteiger partial charge in [0.25, 0.3) is 0 Å². The van der Waals surface area contributed by atoms with Crippen molar-refractivity contribution in [2.24, 2.45) is 0 Å². The Labute approximate surface area is 106 Å². The second-order valence-electron chi connectivity index (χ2n) is 4.74. The van der Waals surface area contributed by atoms with Crippen molar-refractivity contribution in [3.63, 3.8) is 0 Å². The molecule has 1 aliphatic carbocycles. The van der Waals surface area contributed by atoms with E-state index in [0.717, 1.165) is 12.6 Å². The molecule has 1 aliphatic rings. The molecule has 0 saturated heterocycles. The Kier molecular flexibility index (Phi) is 3.00. The van der Waals surface area contributed by atoms with Gasteiger partial charge in [0.2, 0.25) is 0 Å². The molecule has 1 heterocycles. The van der Waals surface area contributed by atoms with Gasteiger partial charge in [-0.05, 0) is 43.0 Å². The number of thiophene rings is 1. The molecule has 1 nitrogen and oxygen atoms in total. The standard InChI is InChI=1S/C15H17NS/c1-11-4-2-3-5-14(11)15-9-8-13(17-15)10-16-12-6-7-12/h2-5,8-9,12,16H,6-7,10H2,1H3. The van der Waals surface area contributed by atoms with Crippen molar-refractivity contribution in [2.45, 2.75) is 32.4 Å². The van der Waals surface area contributed by atoms with Gasteiger partial charge in [-0.1, -0.05) is 24.3 Å². The first-order valence-corrected chi connectivity index (χ1v) is 7.03. The molecular formula is C15H17NS. The monoisotopic (exact) mass is 243 g/mol. The number of aryl methyl sites for hydroxylation is 1. The van der Waals surface area contributed by atoms with Crippen molar-refractivity contribution in [3.05, 3.63) is 46.8 Å². The molecule has 3 rings (SSSR count). The van der Waals surface area contributed by atoms with Crippen LogP contribution in [0.2, 0.25) is 0 Å². The van der Waals surface area contributed by atoms with Gasteiger partial charge in [0.05, 0.1) is 0 Å². The topological polar surface area (TPSA) is 12.0 Å². The van der Waals surface area contributed by atoms with Gasteiger partial charge in [-0.15, -0.1) is 11.3 Å². The lowest BCUT2D eigenvalue weighted by atomic mass is 10.1. The minimum atomic E-state index is 0.791. The molecular weight excluding hydrogens is 226 g/mol. The molecule has 0 atom stereocenters. The lowest BCUT2D eigenvalue weighted by Crippen LogP contribution is -2.14. The summed E-state index contributed by atoms with van der Waals surface area (Å²) in [6.45, 7) is 3.21. The predicted octanol–water partition coefficient (Wildman–Crippen LogP) is 3.98. The smallest absolute Gasteiger partial charge is 0.0348 e. The molecule has 0 bridgehead atoms. The van der Waals surface area contributed by atoms with E-state index in [2.05, 4.69) is 48.6 Å². The van der Waals surface area contributed by atoms with Crippen LogP contribution in [0.1, 0.15) is 23.3 Å². The van der Waals surface area contributed by atoms with Crippen LogP contribution in [-0.2, 0) is 6.54 Å². The minimum Gasteiger partial charge on any atom is -0.309 e. The van der Waals surface area contributed by atoms with E-state index in [9.17, 15) is 0 Å². The predicted molar refractivity (Wildman–Crippen MR) is 74.4 cm³/mol. The van der Waals surface area contributed by atoms with Gasteiger partial charge < -0.3 is 5.32 Å². The fourth-order valence-corrected chi connectivity index (χ4v) is 3.05. The Balaban J connectivity index is 1.77. The van der Waals surface area contributed by atoms with Crippen molar-refractivity contribution in [2.75, 3.05) is 0 Å². The van der Waals surface area contributed by atoms with E-state index in [1.165, 1.54) is 33.7 Å². The maximum Gasteiger partial charge on any atom is 0.0348 e. The third kappa shape index (κ3) is 2.59. The molecule has 88 valence electrons. The summed E-state index contributed by atoms with van der Waals surface area (Å²) in [5, 5.41) is 3.56. The zero-order valence-corrected chi connectivity index (χ0v) is 10.9. The largest absolute Gasteiger partial charge is 0.309 e. The Morgan fingerprint density at radius 2 is 2.00 bits per heavy atom. The quantitative estimate of drug-likeness (QED) is 0.856. The van der Waals surface area contributed by atoms with Crippen LogP contribution in [0.4, 0.5) is 0 Å². The molecule has 1 fully saturated rings. The average Bonchev–Trinajstić information content (AvgIpc) is 3.06. The molecule has 2 heteroatoms. The number of hydrogen-bond acceptors (Lipinski definition) is 2. The first kappa shape index (κ1) is 11.0. The third-order valence-corrected chi connectivity index (χ3v) is 4.33. The number of benzene rings is 1. The molecule has 0 unspecified atom stereocenters. The third-order valence-electron chi connectivity index (χ3n) is 3.21. The van der Waals surface area contributed by atoms with Crippen LogP contribution in [0.5, 0.6) is 0 Å². The van der Waals surface area contributed by atoms with Gasteiger partial charge in [-0.2, -0.15) is 0 Å². The van der Waals surface area contributed by atoms with E-state index in [0.29, 0.717) is 0 Å². The van der Waals surface area contributed by atoms with Gasteiger partial charge in [0, 0.05) is 22.3 Å². The first-order chi connectivity index (χ1) is 8.33. The summed E-state index contributed by atoms with van der Waals surface area (Å²) in [6.07, 6.45) is 2.71. The maximum absolute atomic E-state index is 3.56. The lowest BCUT2D eigenvalue weighted by Gasteiger charge is -2.02. The van der Waals surface area contributed by atoms with Crippen molar-refractivity contribution in [1.82, 2.24) is 5.32 Å². The van der Waals surface area contributed by atoms with Crippen molar-refractivity contribution >= 4 is 11.3 Å². The maximum atomic E-state index is 3.56. The molecule has 2 aromatic rings. The highest BCUT2D eigenvalue weighted by Crippen LogP contribution is 2.30. The molecule has 1 aromatic carbocycles. The number of rotatable bonds is 4. The SMILES string of the molecule is Cc1ccccc1-c1ccc(CNC2CC2)s1. The second kappa shape index (κ2) is 4.63. The highest BCUT2D eigenvalue weighted by Gasteiger charge is 2.20. The van der Waals surface area contributed by atoms with Crippen LogP contribution in [0.15, 0.2) is 36.4 Å². The summed E-state index contributed by atoms with van der Waals surface area (Å²) in [5.41, 5.74) is 2.73. The molecule has 17 heavy (non-hydrogen) atoms. The summed E-state index contributed by atoms with van der Waals surface area (Å²) in [5.74, 6) is 0. The highest BCUT2D eigenvalue weighted by atomic mass is 32.1. The van der Waals surface area contributed by atoms with Gasteiger partial charge in [0.1, 0.15) is 0 Å². The molecule has 1 N–H and O–H groups in total. The number of hydrogen-bond donors (Lipinski definition) is 1. The second-order valence-corrected chi connectivity index (χ2v) is 5.90. The fraction of sp³-hybridized carbons (Fsp3) is 0.333. The van der Waals surface area contributed by atoms with Crippen LogP contribution in [0, 0.1) is 6.92 Å². The van der Waals surface area contributed by atoms with Crippen LogP contribution in [0.25, 0.3) is 10.4 Å². The first-order valence-electron chi connectivity index (χ1n) is 6.21. The van der Waals surface area contributed by atoms with E-state index in [1.54, 1.807) is 0 Å². The fourth-order valence-electron chi connectivity index (χ4n) is 2.00. The van der Waals surface area contributed by atoms with Gasteiger partial charge in [-0.25, -0.2) is 0 Å². The Hall–Kier alpha value is -1.12. The summed E-state index contributed by atoms with van der Waals surface area (Å²) in [6, 6.07) is 13.9. The van der Waals surface area contributed by atoms with Crippen molar-refractivity contribution < 1.29 is 0 Å². The molecule has 0 amide bonds. The normalized spacial score (nSPS) is 15.1. The highest BCUT2D eigenvalue weighted by molar-refractivity contribution is 7.15. The summed E-state index contributed by atoms with van der Waals surface area (Å²) < 4.78 is 0. The average molecular weight is 243 g/mol. The van der Waals surface area contributed by atoms with Crippen LogP contribution >= 0.6 is 11.3 Å². The molecule has 0 aliphatic heterocycles. The zero-order chi connectivity index (χ0) is 11.7. The Bertz CT molecular complexity index is 511. The lowest BCUT2D eigenvalue weighted by molar-refractivity contribution is 0.695. The van der Waals surface area contributed by atoms with E-state index in [-0.39, 0.29) is 0 Å². The van der Waals surface area contributed by atoms with E-state index in [4.69, 9.17) is 0 Å². The van der Waals surface area contributed by atoms with E-state index >= 15 is 0 Å². The van der Waals surface area contributed by atoms with Crippen molar-refractivity contribution in [3.8, 4) is 10.4 Å². The van der Waals surface area contributed by atoms with Crippen LogP contribution in [0.3, 0.4) is 0 Å². The minimum absolute atomic E-state index is 0.791. The molecule has 0 spiro atoms. The van der Waals surface area contributed by atoms with Gasteiger partial charge >= 0.3 is 0 Å². The Morgan fingerprint density at radius 1 is 1.18 bits per heavy atom. The van der Waals surface area contributed by atoms with Gasteiger partial charge in [0.15, 0.2) is 0 Å². The number of nitrogens with one attached hydrogen (secondary N) is 1. The Morgan fingerprint density at radius 3 is 2.76 bits per heavy atom.